The molecule has 0 N–H and O–H groups in total. The van der Waals surface area contributed by atoms with Crippen LogP contribution < -0.4 is 0 Å². The molecule has 4 saturated carbocycles. The molecule has 4 aliphatic carbocycles. The van der Waals surface area contributed by atoms with Crippen molar-refractivity contribution < 1.29 is 33.4 Å². The molecule has 7 heteroatoms. The van der Waals surface area contributed by atoms with Crippen LogP contribution in [-0.2, 0) is 33.4 Å². The molecule has 9 atom stereocenters. The molecule has 0 radical (unpaired) electrons. The summed E-state index contributed by atoms with van der Waals surface area (Å²) in [4.78, 5) is 48.3. The van der Waals surface area contributed by atoms with E-state index in [1.807, 2.05) is 0 Å². The maximum Gasteiger partial charge on any atom is 0.302 e. The third-order valence-corrected chi connectivity index (χ3v) is 9.29. The van der Waals surface area contributed by atoms with Gasteiger partial charge >= 0.3 is 17.9 Å². The lowest BCUT2D eigenvalue weighted by molar-refractivity contribution is -0.216. The van der Waals surface area contributed by atoms with E-state index in [1.54, 1.807) is 0 Å². The van der Waals surface area contributed by atoms with Crippen LogP contribution in [0.4, 0.5) is 0 Å². The Morgan fingerprint density at radius 3 is 2.06 bits per heavy atom. The van der Waals surface area contributed by atoms with Crippen molar-refractivity contribution in [3.8, 4) is 0 Å². The van der Waals surface area contributed by atoms with Gasteiger partial charge in [0, 0.05) is 50.9 Å². The fraction of sp³-hybridized carbons (Fsp3) is 0.840. The molecule has 0 unspecified atom stereocenters. The third-order valence-electron chi connectivity index (χ3n) is 9.29. The van der Waals surface area contributed by atoms with Gasteiger partial charge in [-0.1, -0.05) is 13.8 Å². The molecule has 178 valence electrons. The van der Waals surface area contributed by atoms with Crippen LogP contribution in [0.5, 0.6) is 0 Å². The Bertz CT molecular complexity index is 821. The van der Waals surface area contributed by atoms with Crippen molar-refractivity contribution >= 4 is 23.7 Å². The molecular formula is C25H36O7. The lowest BCUT2D eigenvalue weighted by Gasteiger charge is -2.62. The van der Waals surface area contributed by atoms with Gasteiger partial charge in [0.25, 0.3) is 0 Å². The van der Waals surface area contributed by atoms with Crippen LogP contribution in [0.25, 0.3) is 0 Å². The van der Waals surface area contributed by atoms with Gasteiger partial charge in [0.05, 0.1) is 0 Å². The fourth-order valence-electron chi connectivity index (χ4n) is 8.05. The Morgan fingerprint density at radius 1 is 0.812 bits per heavy atom. The number of esters is 3. The highest BCUT2D eigenvalue weighted by Crippen LogP contribution is 2.67. The topological polar surface area (TPSA) is 96.0 Å². The van der Waals surface area contributed by atoms with Crippen molar-refractivity contribution in [3.63, 3.8) is 0 Å². The summed E-state index contributed by atoms with van der Waals surface area (Å²) in [5.74, 6) is -0.355. The van der Waals surface area contributed by atoms with Crippen molar-refractivity contribution in [2.45, 2.75) is 97.9 Å². The molecule has 0 heterocycles. The Hall–Kier alpha value is -1.92. The molecule has 0 amide bonds. The second-order valence-corrected chi connectivity index (χ2v) is 11.1. The molecule has 0 aliphatic heterocycles. The zero-order chi connectivity index (χ0) is 23.4. The number of hydrogen-bond donors (Lipinski definition) is 0. The maximum atomic E-state index is 12.4. The van der Waals surface area contributed by atoms with E-state index in [0.717, 1.165) is 25.7 Å². The first-order valence-corrected chi connectivity index (χ1v) is 12.0. The minimum absolute atomic E-state index is 0.0166. The average molecular weight is 449 g/mol. The van der Waals surface area contributed by atoms with Crippen molar-refractivity contribution in [3.05, 3.63) is 0 Å². The van der Waals surface area contributed by atoms with Crippen LogP contribution in [0.2, 0.25) is 0 Å². The molecule has 0 aromatic rings. The summed E-state index contributed by atoms with van der Waals surface area (Å²) >= 11 is 0. The smallest absolute Gasteiger partial charge is 0.302 e. The van der Waals surface area contributed by atoms with E-state index in [9.17, 15) is 19.2 Å². The zero-order valence-corrected chi connectivity index (χ0v) is 19.8. The summed E-state index contributed by atoms with van der Waals surface area (Å²) in [5.41, 5.74) is -0.512. The molecule has 0 bridgehead atoms. The molecule has 0 saturated heterocycles. The molecule has 0 spiro atoms. The van der Waals surface area contributed by atoms with Gasteiger partial charge in [-0.2, -0.15) is 0 Å². The molecule has 0 aromatic heterocycles. The van der Waals surface area contributed by atoms with Gasteiger partial charge in [-0.15, -0.1) is 0 Å². The SMILES string of the molecule is CC(=O)O[C@H]1CC[C@]2(C)[C@H]1[C@H]1C[C@H](OC(C)=O)[C@H]3CC(=O)CC[C@]3(C)[C@@H]1C[C@H]2OC(C)=O. The van der Waals surface area contributed by atoms with Gasteiger partial charge in [0.2, 0.25) is 0 Å². The van der Waals surface area contributed by atoms with Crippen molar-refractivity contribution in [2.24, 2.45) is 34.5 Å². The van der Waals surface area contributed by atoms with E-state index in [-0.39, 0.29) is 76.5 Å². The Morgan fingerprint density at radius 2 is 1.44 bits per heavy atom. The summed E-state index contributed by atoms with van der Waals surface area (Å²) in [6.07, 6.45) is 3.80. The minimum Gasteiger partial charge on any atom is -0.462 e. The first-order chi connectivity index (χ1) is 15.0. The highest BCUT2D eigenvalue weighted by molar-refractivity contribution is 5.80. The third kappa shape index (κ3) is 3.75. The second kappa shape index (κ2) is 8.14. The highest BCUT2D eigenvalue weighted by Gasteiger charge is 2.67. The zero-order valence-electron chi connectivity index (χ0n) is 19.8. The van der Waals surface area contributed by atoms with Crippen LogP contribution in [0.15, 0.2) is 0 Å². The lowest BCUT2D eigenvalue weighted by Crippen LogP contribution is -2.62. The van der Waals surface area contributed by atoms with Gasteiger partial charge in [-0.3, -0.25) is 19.2 Å². The fourth-order valence-corrected chi connectivity index (χ4v) is 8.05. The summed E-state index contributed by atoms with van der Waals surface area (Å²) in [7, 11) is 0. The first-order valence-electron chi connectivity index (χ1n) is 12.0. The maximum absolute atomic E-state index is 12.4. The second-order valence-electron chi connectivity index (χ2n) is 11.1. The molecule has 7 nitrogen and oxygen atoms in total. The number of fused-ring (bicyclic) bond motifs is 5. The van der Waals surface area contributed by atoms with E-state index >= 15 is 0 Å². The molecule has 32 heavy (non-hydrogen) atoms. The van der Waals surface area contributed by atoms with Gasteiger partial charge in [-0.05, 0) is 49.4 Å². The summed E-state index contributed by atoms with van der Waals surface area (Å²) in [6, 6.07) is 0. The summed E-state index contributed by atoms with van der Waals surface area (Å²) in [5, 5.41) is 0. The first kappa shape index (κ1) is 23.2. The van der Waals surface area contributed by atoms with E-state index < -0.39 is 0 Å². The lowest BCUT2D eigenvalue weighted by atomic mass is 9.44. The molecule has 4 rings (SSSR count). The van der Waals surface area contributed by atoms with E-state index in [2.05, 4.69) is 13.8 Å². The van der Waals surface area contributed by atoms with Crippen LogP contribution in [-0.4, -0.2) is 42.0 Å². The summed E-state index contributed by atoms with van der Waals surface area (Å²) in [6.45, 7) is 8.69. The Kier molecular flexibility index (Phi) is 5.91. The largest absolute Gasteiger partial charge is 0.462 e. The monoisotopic (exact) mass is 448 g/mol. The van der Waals surface area contributed by atoms with Crippen molar-refractivity contribution in [2.75, 3.05) is 0 Å². The number of rotatable bonds is 3. The van der Waals surface area contributed by atoms with Crippen LogP contribution in [0.3, 0.4) is 0 Å². The van der Waals surface area contributed by atoms with E-state index in [1.165, 1.54) is 20.8 Å². The van der Waals surface area contributed by atoms with Gasteiger partial charge in [0.15, 0.2) is 0 Å². The average Bonchev–Trinajstić information content (AvgIpc) is 3.00. The van der Waals surface area contributed by atoms with Crippen LogP contribution >= 0.6 is 0 Å². The predicted octanol–water partition coefficient (Wildman–Crippen LogP) is 3.61. The Labute approximate surface area is 189 Å². The summed E-state index contributed by atoms with van der Waals surface area (Å²) < 4.78 is 17.6. The molecule has 4 aliphatic rings. The van der Waals surface area contributed by atoms with E-state index in [4.69, 9.17) is 14.2 Å². The normalized spacial score (nSPS) is 45.2. The Balaban J connectivity index is 1.77. The van der Waals surface area contributed by atoms with Gasteiger partial charge in [0.1, 0.15) is 24.1 Å². The predicted molar refractivity (Wildman–Crippen MR) is 114 cm³/mol. The van der Waals surface area contributed by atoms with Gasteiger partial charge in [-0.25, -0.2) is 0 Å². The van der Waals surface area contributed by atoms with Crippen LogP contribution in [0, 0.1) is 34.5 Å². The molecular weight excluding hydrogens is 412 g/mol. The quantitative estimate of drug-likeness (QED) is 0.481. The number of Topliss-reactive ketones (excluding diaryl/α,β-unsaturated/α-hetero) is 1. The number of carbonyl (C=O) groups excluding carboxylic acids is 4. The van der Waals surface area contributed by atoms with E-state index in [0.29, 0.717) is 19.3 Å². The minimum atomic E-state index is -0.326. The number of hydrogen-bond acceptors (Lipinski definition) is 7. The number of carbonyl (C=O) groups is 4. The van der Waals surface area contributed by atoms with Crippen LogP contribution in [0.1, 0.15) is 79.6 Å². The van der Waals surface area contributed by atoms with Crippen molar-refractivity contribution in [1.29, 1.82) is 0 Å². The number of ketones is 1. The van der Waals surface area contributed by atoms with Gasteiger partial charge < -0.3 is 14.2 Å². The molecule has 0 aromatic carbocycles. The number of ether oxygens (including phenoxy) is 3. The molecule has 4 fully saturated rings. The standard InChI is InChI=1S/C25H36O7/c1-13(26)30-20-7-9-25(5)22(32-15(3)28)12-18-17(23(20)25)11-21(31-14(2)27)19-10-16(29)6-8-24(18,19)4/h17-23H,6-12H2,1-5H3/t17-,18+,19+,20-,21-,22+,23-,24+,25-/m0/s1. The highest BCUT2D eigenvalue weighted by atomic mass is 16.6. The van der Waals surface area contributed by atoms with Crippen molar-refractivity contribution in [1.82, 2.24) is 0 Å².